The Morgan fingerprint density at radius 2 is 2.04 bits per heavy atom. The van der Waals surface area contributed by atoms with Gasteiger partial charge >= 0.3 is 0 Å². The average Bonchev–Trinajstić information content (AvgIpc) is 2.62. The van der Waals surface area contributed by atoms with Crippen molar-refractivity contribution in [1.29, 1.82) is 0 Å². The van der Waals surface area contributed by atoms with Crippen LogP contribution in [0.5, 0.6) is 11.5 Å². The molecule has 0 spiro atoms. The van der Waals surface area contributed by atoms with Crippen molar-refractivity contribution in [3.05, 3.63) is 24.3 Å². The highest BCUT2D eigenvalue weighted by molar-refractivity contribution is 14.0. The molecule has 0 radical (unpaired) electrons. The summed E-state index contributed by atoms with van der Waals surface area (Å²) in [5.74, 6) is 2.45. The van der Waals surface area contributed by atoms with Gasteiger partial charge in [-0.05, 0) is 44.5 Å². The zero-order valence-corrected chi connectivity index (χ0v) is 17.9. The first kappa shape index (κ1) is 22.3. The maximum atomic E-state index is 11.2. The molecule has 1 aromatic rings. The maximum absolute atomic E-state index is 11.2. The van der Waals surface area contributed by atoms with E-state index in [-0.39, 0.29) is 42.0 Å². The van der Waals surface area contributed by atoms with Gasteiger partial charge in [-0.2, -0.15) is 0 Å². The number of hydrogen-bond acceptors (Lipinski definition) is 4. The molecule has 7 nitrogen and oxygen atoms in total. The molecule has 0 bridgehead atoms. The Kier molecular flexibility index (Phi) is 10.2. The molecule has 1 saturated heterocycles. The number of guanidine groups is 1. The number of ether oxygens (including phenoxy) is 2. The highest BCUT2D eigenvalue weighted by Gasteiger charge is 2.18. The molecule has 1 aliphatic heterocycles. The van der Waals surface area contributed by atoms with Crippen LogP contribution in [0, 0.1) is 0 Å². The number of hydrogen-bond donors (Lipinski definition) is 3. The van der Waals surface area contributed by atoms with Crippen LogP contribution < -0.4 is 25.4 Å². The molecule has 1 amide bonds. The lowest BCUT2D eigenvalue weighted by atomic mass is 10.1. The predicted molar refractivity (Wildman–Crippen MR) is 114 cm³/mol. The van der Waals surface area contributed by atoms with Crippen LogP contribution in [0.4, 0.5) is 0 Å². The molecule has 0 aromatic heterocycles. The Balaban J connectivity index is 0.00000338. The van der Waals surface area contributed by atoms with E-state index < -0.39 is 0 Å². The molecule has 8 heteroatoms. The van der Waals surface area contributed by atoms with Crippen LogP contribution in [-0.4, -0.2) is 50.8 Å². The normalized spacial score (nSPS) is 18.2. The monoisotopic (exact) mass is 476 g/mol. The Bertz CT molecular complexity index is 570. The van der Waals surface area contributed by atoms with Crippen LogP contribution in [0.15, 0.2) is 29.3 Å². The van der Waals surface area contributed by atoms with E-state index in [0.717, 1.165) is 30.4 Å². The second kappa shape index (κ2) is 11.8. The molecule has 2 unspecified atom stereocenters. The van der Waals surface area contributed by atoms with E-state index in [4.69, 9.17) is 9.47 Å². The minimum Gasteiger partial charge on any atom is -0.497 e. The van der Waals surface area contributed by atoms with Crippen LogP contribution in [0.2, 0.25) is 0 Å². The molecule has 0 saturated carbocycles. The number of nitrogens with zero attached hydrogens (tertiary/aromatic N) is 1. The summed E-state index contributed by atoms with van der Waals surface area (Å²) in [5.41, 5.74) is 0. The Morgan fingerprint density at radius 3 is 2.62 bits per heavy atom. The van der Waals surface area contributed by atoms with Crippen molar-refractivity contribution in [3.8, 4) is 11.5 Å². The summed E-state index contributed by atoms with van der Waals surface area (Å²) in [5, 5.41) is 9.46. The SMILES string of the molecule is CCNC(=NCC(C)Oc1ccc(OC)cc1)NC1CCC(=O)NC1.I. The number of halogens is 1. The summed E-state index contributed by atoms with van der Waals surface area (Å²) < 4.78 is 11.0. The van der Waals surface area contributed by atoms with Gasteiger partial charge in [-0.15, -0.1) is 24.0 Å². The predicted octanol–water partition coefficient (Wildman–Crippen LogP) is 1.91. The van der Waals surface area contributed by atoms with Crippen molar-refractivity contribution in [2.24, 2.45) is 4.99 Å². The number of benzene rings is 1. The van der Waals surface area contributed by atoms with Gasteiger partial charge in [0.15, 0.2) is 5.96 Å². The molecule has 146 valence electrons. The van der Waals surface area contributed by atoms with Crippen LogP contribution in [-0.2, 0) is 4.79 Å². The minimum absolute atomic E-state index is 0. The van der Waals surface area contributed by atoms with Crippen molar-refractivity contribution in [1.82, 2.24) is 16.0 Å². The number of aliphatic imine (C=N–C) groups is 1. The van der Waals surface area contributed by atoms with E-state index in [0.29, 0.717) is 19.5 Å². The molecule has 2 rings (SSSR count). The molecular formula is C18H29IN4O3. The average molecular weight is 476 g/mol. The summed E-state index contributed by atoms with van der Waals surface area (Å²) in [6, 6.07) is 7.71. The van der Waals surface area contributed by atoms with Crippen molar-refractivity contribution >= 4 is 35.8 Å². The summed E-state index contributed by atoms with van der Waals surface area (Å²) in [4.78, 5) is 15.8. The zero-order chi connectivity index (χ0) is 18.1. The van der Waals surface area contributed by atoms with E-state index in [2.05, 4.69) is 20.9 Å². The quantitative estimate of drug-likeness (QED) is 0.318. The summed E-state index contributed by atoms with van der Waals surface area (Å²) >= 11 is 0. The highest BCUT2D eigenvalue weighted by atomic mass is 127. The number of methoxy groups -OCH3 is 1. The maximum Gasteiger partial charge on any atom is 0.220 e. The third-order valence-electron chi connectivity index (χ3n) is 3.85. The Labute approximate surface area is 172 Å². The first-order valence-corrected chi connectivity index (χ1v) is 8.73. The standard InChI is InChI=1S/C18H28N4O3.HI/c1-4-19-18(22-14-5-10-17(23)20-12-14)21-11-13(2)25-16-8-6-15(24-3)7-9-16;/h6-9,13-14H,4-5,10-12H2,1-3H3,(H,20,23)(H2,19,21,22);1H. The fraction of sp³-hybridized carbons (Fsp3) is 0.556. The van der Waals surface area contributed by atoms with Gasteiger partial charge in [0.2, 0.25) is 5.91 Å². The lowest BCUT2D eigenvalue weighted by molar-refractivity contribution is -0.122. The van der Waals surface area contributed by atoms with Crippen LogP contribution in [0.25, 0.3) is 0 Å². The molecule has 1 aromatic carbocycles. The molecule has 1 fully saturated rings. The zero-order valence-electron chi connectivity index (χ0n) is 15.6. The largest absolute Gasteiger partial charge is 0.497 e. The second-order valence-electron chi connectivity index (χ2n) is 6.01. The van der Waals surface area contributed by atoms with Gasteiger partial charge in [0.05, 0.1) is 13.7 Å². The van der Waals surface area contributed by atoms with Crippen molar-refractivity contribution in [2.75, 3.05) is 26.7 Å². The molecule has 1 heterocycles. The molecular weight excluding hydrogens is 447 g/mol. The minimum atomic E-state index is -0.0603. The van der Waals surface area contributed by atoms with E-state index in [1.807, 2.05) is 38.1 Å². The molecule has 1 aliphatic rings. The van der Waals surface area contributed by atoms with E-state index >= 15 is 0 Å². The number of carbonyl (C=O) groups excluding carboxylic acids is 1. The van der Waals surface area contributed by atoms with Gasteiger partial charge in [-0.25, -0.2) is 4.99 Å². The van der Waals surface area contributed by atoms with Crippen molar-refractivity contribution < 1.29 is 14.3 Å². The van der Waals surface area contributed by atoms with E-state index in [9.17, 15) is 4.79 Å². The first-order valence-electron chi connectivity index (χ1n) is 8.73. The summed E-state index contributed by atoms with van der Waals surface area (Å²) in [6.07, 6.45) is 1.30. The second-order valence-corrected chi connectivity index (χ2v) is 6.01. The molecule has 3 N–H and O–H groups in total. The van der Waals surface area contributed by atoms with Crippen molar-refractivity contribution in [2.45, 2.75) is 38.8 Å². The van der Waals surface area contributed by atoms with Gasteiger partial charge in [-0.1, -0.05) is 0 Å². The van der Waals surface area contributed by atoms with Gasteiger partial charge in [0.25, 0.3) is 0 Å². The van der Waals surface area contributed by atoms with Crippen LogP contribution >= 0.6 is 24.0 Å². The van der Waals surface area contributed by atoms with Gasteiger partial charge in [-0.3, -0.25) is 4.79 Å². The van der Waals surface area contributed by atoms with Gasteiger partial charge in [0.1, 0.15) is 17.6 Å². The lowest BCUT2D eigenvalue weighted by Crippen LogP contribution is -2.51. The Morgan fingerprint density at radius 1 is 1.35 bits per heavy atom. The summed E-state index contributed by atoms with van der Waals surface area (Å²) in [7, 11) is 1.64. The summed E-state index contributed by atoms with van der Waals surface area (Å²) in [6.45, 7) is 5.94. The fourth-order valence-corrected chi connectivity index (χ4v) is 2.51. The van der Waals surface area contributed by atoms with Crippen molar-refractivity contribution in [3.63, 3.8) is 0 Å². The Hall–Kier alpha value is -1.71. The number of rotatable bonds is 7. The van der Waals surface area contributed by atoms with E-state index in [1.54, 1.807) is 7.11 Å². The number of carbonyl (C=O) groups is 1. The third-order valence-corrected chi connectivity index (χ3v) is 3.85. The fourth-order valence-electron chi connectivity index (χ4n) is 2.51. The molecule has 26 heavy (non-hydrogen) atoms. The first-order chi connectivity index (χ1) is 12.1. The smallest absolute Gasteiger partial charge is 0.220 e. The van der Waals surface area contributed by atoms with Gasteiger partial charge in [0, 0.05) is 25.6 Å². The lowest BCUT2D eigenvalue weighted by Gasteiger charge is -2.25. The molecule has 2 atom stereocenters. The number of piperidine rings is 1. The van der Waals surface area contributed by atoms with Crippen LogP contribution in [0.1, 0.15) is 26.7 Å². The number of nitrogens with one attached hydrogen (secondary N) is 3. The van der Waals surface area contributed by atoms with Gasteiger partial charge < -0.3 is 25.4 Å². The third kappa shape index (κ3) is 7.67. The van der Waals surface area contributed by atoms with E-state index in [1.165, 1.54) is 0 Å². The van der Waals surface area contributed by atoms with Crippen LogP contribution in [0.3, 0.4) is 0 Å². The topological polar surface area (TPSA) is 84.0 Å². The number of amides is 1. The molecule has 0 aliphatic carbocycles. The highest BCUT2D eigenvalue weighted by Crippen LogP contribution is 2.18.